The number of ketones is 2. The third-order valence-corrected chi connectivity index (χ3v) is 5.96. The van der Waals surface area contributed by atoms with Crippen LogP contribution in [-0.2, 0) is 22.4 Å². The lowest BCUT2D eigenvalue weighted by molar-refractivity contribution is -0.124. The number of benzene rings is 2. The summed E-state index contributed by atoms with van der Waals surface area (Å²) in [5.74, 6) is 0.926. The molecule has 0 fully saturated rings. The summed E-state index contributed by atoms with van der Waals surface area (Å²) in [5, 5.41) is 13.7. The van der Waals surface area contributed by atoms with E-state index in [9.17, 15) is 14.7 Å². The molecule has 2 aromatic carbocycles. The Bertz CT molecular complexity index is 937. The van der Waals surface area contributed by atoms with Crippen LogP contribution in [0.3, 0.4) is 0 Å². The Morgan fingerprint density at radius 2 is 1.85 bits per heavy atom. The van der Waals surface area contributed by atoms with Crippen LogP contribution >= 0.6 is 0 Å². The second-order valence-electron chi connectivity index (χ2n) is 8.99. The Balaban J connectivity index is 1.86. The van der Waals surface area contributed by atoms with Crippen LogP contribution < -0.4 is 10.1 Å². The van der Waals surface area contributed by atoms with Gasteiger partial charge in [0.25, 0.3) is 0 Å². The molecular formula is C29H39NO4. The molecule has 0 amide bonds. The van der Waals surface area contributed by atoms with Crippen molar-refractivity contribution in [1.29, 1.82) is 0 Å². The van der Waals surface area contributed by atoms with E-state index < -0.39 is 0 Å². The number of Topliss-reactive ketones (excluding diaryl/α,β-unsaturated/α-hetero) is 1. The predicted octanol–water partition coefficient (Wildman–Crippen LogP) is 5.53. The summed E-state index contributed by atoms with van der Waals surface area (Å²) in [4.78, 5) is 24.5. The number of carbonyl (C=O) groups is 2. The van der Waals surface area contributed by atoms with Gasteiger partial charge in [-0.2, -0.15) is 0 Å². The lowest BCUT2D eigenvalue weighted by Crippen LogP contribution is -2.15. The van der Waals surface area contributed by atoms with Crippen LogP contribution in [0.1, 0.15) is 62.1 Å². The molecule has 0 bridgehead atoms. The number of unbranched alkanes of at least 4 members (excludes halogenated alkanes) is 2. The first kappa shape index (κ1) is 27.3. The van der Waals surface area contributed by atoms with Crippen molar-refractivity contribution in [1.82, 2.24) is 5.32 Å². The summed E-state index contributed by atoms with van der Waals surface area (Å²) in [6, 6.07) is 13.6. The van der Waals surface area contributed by atoms with Crippen molar-refractivity contribution < 1.29 is 19.4 Å². The second-order valence-corrected chi connectivity index (χ2v) is 8.99. The highest BCUT2D eigenvalue weighted by atomic mass is 16.5. The number of rotatable bonds is 16. The van der Waals surface area contributed by atoms with Crippen LogP contribution in [0.4, 0.5) is 0 Å². The first-order valence-electron chi connectivity index (χ1n) is 12.2. The van der Waals surface area contributed by atoms with Gasteiger partial charge in [0, 0.05) is 6.42 Å². The number of nitrogens with one attached hydrogen (secondary N) is 1. The summed E-state index contributed by atoms with van der Waals surface area (Å²) in [5.41, 5.74) is 2.70. The van der Waals surface area contributed by atoms with Crippen LogP contribution in [0.2, 0.25) is 0 Å². The van der Waals surface area contributed by atoms with Gasteiger partial charge in [0.15, 0.2) is 17.3 Å². The van der Waals surface area contributed by atoms with E-state index in [1.54, 1.807) is 12.1 Å². The van der Waals surface area contributed by atoms with E-state index in [1.165, 1.54) is 18.7 Å². The Hall–Kier alpha value is -2.92. The van der Waals surface area contributed by atoms with Gasteiger partial charge in [-0.1, -0.05) is 56.2 Å². The molecule has 2 N–H and O–H groups in total. The molecule has 0 spiro atoms. The quantitative estimate of drug-likeness (QED) is 0.194. The molecule has 34 heavy (non-hydrogen) atoms. The summed E-state index contributed by atoms with van der Waals surface area (Å²) < 4.78 is 5.32. The molecule has 0 aliphatic heterocycles. The fourth-order valence-corrected chi connectivity index (χ4v) is 4.03. The van der Waals surface area contributed by atoms with Crippen molar-refractivity contribution in [3.8, 4) is 11.5 Å². The van der Waals surface area contributed by atoms with E-state index in [2.05, 4.69) is 24.4 Å². The van der Waals surface area contributed by atoms with Crippen LogP contribution in [0.5, 0.6) is 11.5 Å². The number of hydrogen-bond acceptors (Lipinski definition) is 5. The average Bonchev–Trinajstić information content (AvgIpc) is 2.83. The standard InChI is InChI=1S/C29H39NO4/c1-22(21-30-2)10-6-4-9-13-26(31)20-27(32)17-15-24-18-25(29(33)28(19-24)34-3)16-14-23-11-7-5-8-12-23/h5,7-8,11-12,15,17-19,22,30,33H,4,6,9-10,13-14,16,20-21H2,1-3H3/t22-/m1/s1. The minimum absolute atomic E-state index is 0.00948. The van der Waals surface area contributed by atoms with Gasteiger partial charge < -0.3 is 15.2 Å². The topological polar surface area (TPSA) is 75.6 Å². The van der Waals surface area contributed by atoms with E-state index in [4.69, 9.17) is 4.74 Å². The van der Waals surface area contributed by atoms with E-state index in [-0.39, 0.29) is 23.7 Å². The molecular weight excluding hydrogens is 426 g/mol. The van der Waals surface area contributed by atoms with Gasteiger partial charge in [-0.25, -0.2) is 0 Å². The first-order valence-corrected chi connectivity index (χ1v) is 12.2. The smallest absolute Gasteiger partial charge is 0.163 e. The van der Waals surface area contributed by atoms with Crippen LogP contribution in [-0.4, -0.2) is 37.4 Å². The van der Waals surface area contributed by atoms with Crippen LogP contribution in [0.25, 0.3) is 6.08 Å². The number of aryl methyl sites for hydroxylation is 2. The fourth-order valence-electron chi connectivity index (χ4n) is 4.03. The van der Waals surface area contributed by atoms with Crippen molar-refractivity contribution in [3.63, 3.8) is 0 Å². The monoisotopic (exact) mass is 465 g/mol. The highest BCUT2D eigenvalue weighted by Gasteiger charge is 2.11. The number of hydrogen-bond donors (Lipinski definition) is 2. The molecule has 2 rings (SSSR count). The normalized spacial score (nSPS) is 12.1. The molecule has 0 saturated carbocycles. The highest BCUT2D eigenvalue weighted by molar-refractivity contribution is 6.06. The minimum Gasteiger partial charge on any atom is -0.504 e. The molecule has 184 valence electrons. The van der Waals surface area contributed by atoms with Gasteiger partial charge in [0.2, 0.25) is 0 Å². The Labute approximate surface area is 204 Å². The van der Waals surface area contributed by atoms with Gasteiger partial charge in [-0.15, -0.1) is 0 Å². The maximum absolute atomic E-state index is 12.3. The Kier molecular flexibility index (Phi) is 12.1. The second kappa shape index (κ2) is 15.1. The zero-order chi connectivity index (χ0) is 24.8. The van der Waals surface area contributed by atoms with Gasteiger partial charge in [0.1, 0.15) is 5.78 Å². The van der Waals surface area contributed by atoms with Gasteiger partial charge in [-0.05, 0) is 80.1 Å². The number of carbonyl (C=O) groups excluding carboxylic acids is 2. The minimum atomic E-state index is -0.203. The number of aromatic hydroxyl groups is 1. The molecule has 0 aliphatic rings. The van der Waals surface area contributed by atoms with Gasteiger partial charge in [0.05, 0.1) is 13.5 Å². The van der Waals surface area contributed by atoms with Crippen molar-refractivity contribution in [2.45, 2.75) is 58.3 Å². The largest absolute Gasteiger partial charge is 0.504 e. The van der Waals surface area contributed by atoms with Crippen LogP contribution in [0, 0.1) is 5.92 Å². The molecule has 5 nitrogen and oxygen atoms in total. The molecule has 1 atom stereocenters. The third-order valence-electron chi connectivity index (χ3n) is 5.96. The third kappa shape index (κ3) is 9.92. The number of phenolic OH excluding ortho intramolecular Hbond substituents is 1. The summed E-state index contributed by atoms with van der Waals surface area (Å²) in [6.45, 7) is 3.24. The Morgan fingerprint density at radius 3 is 2.56 bits per heavy atom. The first-order chi connectivity index (χ1) is 16.4. The summed E-state index contributed by atoms with van der Waals surface area (Å²) >= 11 is 0. The maximum atomic E-state index is 12.3. The number of methoxy groups -OCH3 is 1. The average molecular weight is 466 g/mol. The van der Waals surface area contributed by atoms with Crippen molar-refractivity contribution in [3.05, 3.63) is 65.2 Å². The van der Waals surface area contributed by atoms with E-state index in [1.807, 2.05) is 31.3 Å². The van der Waals surface area contributed by atoms with E-state index in [0.717, 1.165) is 49.8 Å². The van der Waals surface area contributed by atoms with Crippen molar-refractivity contribution in [2.75, 3.05) is 20.7 Å². The highest BCUT2D eigenvalue weighted by Crippen LogP contribution is 2.33. The molecule has 0 aliphatic carbocycles. The number of allylic oxidation sites excluding steroid dienone is 1. The molecule has 0 aromatic heterocycles. The molecule has 2 aromatic rings. The molecule has 5 heteroatoms. The zero-order valence-corrected chi connectivity index (χ0v) is 20.8. The number of ether oxygens (including phenoxy) is 1. The Morgan fingerprint density at radius 1 is 1.09 bits per heavy atom. The van der Waals surface area contributed by atoms with Gasteiger partial charge in [-0.3, -0.25) is 9.59 Å². The summed E-state index contributed by atoms with van der Waals surface area (Å²) in [6.07, 6.45) is 9.07. The lowest BCUT2D eigenvalue weighted by atomic mass is 10.00. The predicted molar refractivity (Wildman–Crippen MR) is 138 cm³/mol. The number of phenols is 1. The maximum Gasteiger partial charge on any atom is 0.163 e. The van der Waals surface area contributed by atoms with Crippen molar-refractivity contribution >= 4 is 17.6 Å². The lowest BCUT2D eigenvalue weighted by Gasteiger charge is -2.11. The van der Waals surface area contributed by atoms with E-state index >= 15 is 0 Å². The summed E-state index contributed by atoms with van der Waals surface area (Å²) in [7, 11) is 3.47. The van der Waals surface area contributed by atoms with E-state index in [0.29, 0.717) is 24.5 Å². The molecule has 0 heterocycles. The molecule has 0 saturated heterocycles. The molecule has 0 unspecified atom stereocenters. The van der Waals surface area contributed by atoms with Gasteiger partial charge >= 0.3 is 0 Å². The zero-order valence-electron chi connectivity index (χ0n) is 20.8. The van der Waals surface area contributed by atoms with Crippen LogP contribution in [0.15, 0.2) is 48.5 Å². The van der Waals surface area contributed by atoms with Crippen molar-refractivity contribution in [2.24, 2.45) is 5.92 Å². The SMILES string of the molecule is CNC[C@H](C)CCCCCC(=O)CC(=O)C=Cc1cc(CCc2ccccc2)c(O)c(OC)c1. The molecule has 0 radical (unpaired) electrons. The fraction of sp³-hybridized carbons (Fsp3) is 0.448.